The topological polar surface area (TPSA) is 55.3 Å². The number of piperidine rings is 1. The number of benzene rings is 2. The Morgan fingerprint density at radius 2 is 1.59 bits per heavy atom. The molecular weight excluding hydrogens is 270 g/mol. The number of nitrogen functional groups attached to an aromatic ring is 1. The molecule has 1 atom stereocenters. The van der Waals surface area contributed by atoms with E-state index in [9.17, 15) is 0 Å². The molecule has 2 aromatic rings. The summed E-state index contributed by atoms with van der Waals surface area (Å²) in [6.07, 6.45) is 2.28. The van der Waals surface area contributed by atoms with Crippen LogP contribution >= 0.6 is 0 Å². The van der Waals surface area contributed by atoms with E-state index in [0.717, 1.165) is 43.7 Å². The van der Waals surface area contributed by atoms with E-state index >= 15 is 0 Å². The second kappa shape index (κ2) is 6.95. The van der Waals surface area contributed by atoms with E-state index in [1.54, 1.807) is 0 Å². The van der Waals surface area contributed by atoms with Gasteiger partial charge in [0, 0.05) is 18.3 Å². The van der Waals surface area contributed by atoms with Crippen molar-refractivity contribution in [3.63, 3.8) is 0 Å². The predicted octanol–water partition coefficient (Wildman–Crippen LogP) is 3.18. The zero-order chi connectivity index (χ0) is 15.4. The molecule has 1 aliphatic heterocycles. The van der Waals surface area contributed by atoms with E-state index in [-0.39, 0.29) is 6.04 Å². The van der Waals surface area contributed by atoms with Crippen molar-refractivity contribution in [1.29, 1.82) is 0 Å². The van der Waals surface area contributed by atoms with Crippen molar-refractivity contribution in [1.82, 2.24) is 4.90 Å². The molecule has 0 aromatic heterocycles. The van der Waals surface area contributed by atoms with E-state index in [2.05, 4.69) is 41.3 Å². The van der Waals surface area contributed by atoms with Gasteiger partial charge >= 0.3 is 0 Å². The molecule has 0 saturated carbocycles. The highest BCUT2D eigenvalue weighted by molar-refractivity contribution is 5.48. The highest BCUT2D eigenvalue weighted by Gasteiger charge is 2.26. The van der Waals surface area contributed by atoms with E-state index in [1.165, 1.54) is 5.56 Å². The number of nitrogens with zero attached hydrogens (tertiary/aromatic N) is 1. The van der Waals surface area contributed by atoms with Gasteiger partial charge < -0.3 is 11.5 Å². The molecule has 3 rings (SSSR count). The lowest BCUT2D eigenvalue weighted by atomic mass is 9.85. The molecule has 22 heavy (non-hydrogen) atoms. The van der Waals surface area contributed by atoms with Gasteiger partial charge in [0.2, 0.25) is 0 Å². The van der Waals surface area contributed by atoms with Crippen LogP contribution in [0.1, 0.15) is 30.0 Å². The summed E-state index contributed by atoms with van der Waals surface area (Å²) in [4.78, 5) is 2.52. The first kappa shape index (κ1) is 15.1. The number of likely N-dealkylation sites (tertiary alicyclic amines) is 1. The number of anilines is 1. The quantitative estimate of drug-likeness (QED) is 0.852. The Kier molecular flexibility index (Phi) is 4.76. The summed E-state index contributed by atoms with van der Waals surface area (Å²) in [6, 6.07) is 18.7. The highest BCUT2D eigenvalue weighted by Crippen LogP contribution is 2.31. The maximum absolute atomic E-state index is 6.47. The molecule has 0 spiro atoms. The van der Waals surface area contributed by atoms with E-state index in [1.807, 2.05) is 18.2 Å². The minimum absolute atomic E-state index is 0.0556. The van der Waals surface area contributed by atoms with Crippen molar-refractivity contribution in [3.8, 4) is 0 Å². The van der Waals surface area contributed by atoms with Crippen molar-refractivity contribution in [2.24, 2.45) is 11.7 Å². The van der Waals surface area contributed by atoms with Gasteiger partial charge in [-0.15, -0.1) is 0 Å². The summed E-state index contributed by atoms with van der Waals surface area (Å²) in [5.74, 6) is 0.525. The van der Waals surface area contributed by atoms with Crippen LogP contribution in [-0.2, 0) is 6.54 Å². The third-order valence-electron chi connectivity index (χ3n) is 4.74. The van der Waals surface area contributed by atoms with Crippen LogP contribution in [0.4, 0.5) is 5.69 Å². The molecule has 1 saturated heterocycles. The molecule has 3 heteroatoms. The maximum atomic E-state index is 6.47. The third-order valence-corrected chi connectivity index (χ3v) is 4.74. The first-order chi connectivity index (χ1) is 10.7. The normalized spacial score (nSPS) is 18.2. The smallest absolute Gasteiger partial charge is 0.0362 e. The van der Waals surface area contributed by atoms with E-state index in [4.69, 9.17) is 11.5 Å². The first-order valence-corrected chi connectivity index (χ1v) is 8.10. The predicted molar refractivity (Wildman–Crippen MR) is 92.2 cm³/mol. The Morgan fingerprint density at radius 3 is 2.27 bits per heavy atom. The Bertz CT molecular complexity index is 589. The Hall–Kier alpha value is -1.84. The largest absolute Gasteiger partial charge is 0.398 e. The summed E-state index contributed by atoms with van der Waals surface area (Å²) < 4.78 is 0. The molecule has 1 heterocycles. The summed E-state index contributed by atoms with van der Waals surface area (Å²) in [7, 11) is 0. The Morgan fingerprint density at radius 1 is 0.955 bits per heavy atom. The van der Waals surface area contributed by atoms with Crippen molar-refractivity contribution in [3.05, 3.63) is 65.7 Å². The fourth-order valence-electron chi connectivity index (χ4n) is 3.38. The van der Waals surface area contributed by atoms with Gasteiger partial charge in [-0.25, -0.2) is 0 Å². The Labute approximate surface area is 132 Å². The summed E-state index contributed by atoms with van der Waals surface area (Å²) >= 11 is 0. The zero-order valence-corrected chi connectivity index (χ0v) is 13.0. The van der Waals surface area contributed by atoms with Gasteiger partial charge in [0.25, 0.3) is 0 Å². The van der Waals surface area contributed by atoms with Gasteiger partial charge in [0.1, 0.15) is 0 Å². The minimum Gasteiger partial charge on any atom is -0.398 e. The molecule has 0 amide bonds. The van der Waals surface area contributed by atoms with Crippen LogP contribution in [-0.4, -0.2) is 18.0 Å². The molecule has 0 radical (unpaired) electrons. The van der Waals surface area contributed by atoms with Crippen LogP contribution in [0.5, 0.6) is 0 Å². The SMILES string of the molecule is Nc1ccccc1C(N)C1CCN(Cc2ccccc2)CC1. The number of hydrogen-bond donors (Lipinski definition) is 2. The molecule has 1 fully saturated rings. The molecule has 116 valence electrons. The van der Waals surface area contributed by atoms with Gasteiger partial charge in [-0.2, -0.15) is 0 Å². The lowest BCUT2D eigenvalue weighted by molar-refractivity contribution is 0.162. The van der Waals surface area contributed by atoms with E-state index < -0.39 is 0 Å². The standard InChI is InChI=1S/C19H25N3/c20-18-9-5-4-8-17(18)19(21)16-10-12-22(13-11-16)14-15-6-2-1-3-7-15/h1-9,16,19H,10-14,20-21H2. The van der Waals surface area contributed by atoms with E-state index in [0.29, 0.717) is 5.92 Å². The molecule has 2 aromatic carbocycles. The molecule has 0 bridgehead atoms. The fourth-order valence-corrected chi connectivity index (χ4v) is 3.38. The molecule has 1 unspecified atom stereocenters. The van der Waals surface area contributed by atoms with Gasteiger partial charge in [0.15, 0.2) is 0 Å². The monoisotopic (exact) mass is 295 g/mol. The fraction of sp³-hybridized carbons (Fsp3) is 0.368. The molecule has 0 aliphatic carbocycles. The van der Waals surface area contributed by atoms with Crippen molar-refractivity contribution < 1.29 is 0 Å². The number of para-hydroxylation sites is 1. The van der Waals surface area contributed by atoms with Crippen LogP contribution in [0.15, 0.2) is 54.6 Å². The maximum Gasteiger partial charge on any atom is 0.0362 e. The molecular formula is C19H25N3. The van der Waals surface area contributed by atoms with Crippen LogP contribution in [0, 0.1) is 5.92 Å². The summed E-state index contributed by atoms with van der Waals surface area (Å²) in [5, 5.41) is 0. The van der Waals surface area contributed by atoms with Gasteiger partial charge in [-0.05, 0) is 49.0 Å². The summed E-state index contributed by atoms with van der Waals surface area (Å²) in [5.41, 5.74) is 15.8. The minimum atomic E-state index is 0.0556. The second-order valence-electron chi connectivity index (χ2n) is 6.25. The van der Waals surface area contributed by atoms with Gasteiger partial charge in [0.05, 0.1) is 0 Å². The van der Waals surface area contributed by atoms with Crippen molar-refractivity contribution in [2.45, 2.75) is 25.4 Å². The molecule has 1 aliphatic rings. The summed E-state index contributed by atoms with van der Waals surface area (Å²) in [6.45, 7) is 3.26. The van der Waals surface area contributed by atoms with Crippen LogP contribution in [0.25, 0.3) is 0 Å². The average molecular weight is 295 g/mol. The second-order valence-corrected chi connectivity index (χ2v) is 6.25. The molecule has 3 nitrogen and oxygen atoms in total. The lowest BCUT2D eigenvalue weighted by Gasteiger charge is -2.35. The first-order valence-electron chi connectivity index (χ1n) is 8.10. The van der Waals surface area contributed by atoms with Crippen molar-refractivity contribution >= 4 is 5.69 Å². The Balaban J connectivity index is 1.56. The zero-order valence-electron chi connectivity index (χ0n) is 13.0. The lowest BCUT2D eigenvalue weighted by Crippen LogP contribution is -2.37. The van der Waals surface area contributed by atoms with Crippen LogP contribution in [0.2, 0.25) is 0 Å². The number of hydrogen-bond acceptors (Lipinski definition) is 3. The van der Waals surface area contributed by atoms with Crippen LogP contribution in [0.3, 0.4) is 0 Å². The van der Waals surface area contributed by atoms with Gasteiger partial charge in [-0.1, -0.05) is 48.5 Å². The molecule has 4 N–H and O–H groups in total. The third kappa shape index (κ3) is 3.49. The van der Waals surface area contributed by atoms with Crippen molar-refractivity contribution in [2.75, 3.05) is 18.8 Å². The van der Waals surface area contributed by atoms with Crippen LogP contribution < -0.4 is 11.5 Å². The number of nitrogens with two attached hydrogens (primary N) is 2. The highest BCUT2D eigenvalue weighted by atomic mass is 15.1. The average Bonchev–Trinajstić information content (AvgIpc) is 2.56. The number of rotatable bonds is 4. The van der Waals surface area contributed by atoms with Gasteiger partial charge in [-0.3, -0.25) is 4.90 Å².